The highest BCUT2D eigenvalue weighted by Gasteiger charge is 2.42. The predicted octanol–water partition coefficient (Wildman–Crippen LogP) is 3.80. The molecule has 31 heavy (non-hydrogen) atoms. The molecule has 1 saturated carbocycles. The maximum atomic E-state index is 13.9. The molecule has 2 heterocycles. The van der Waals surface area contributed by atoms with Crippen LogP contribution in [-0.2, 0) is 23.2 Å². The molecule has 8 nitrogen and oxygen atoms in total. The molecular formula is C23H36N4O4. The van der Waals surface area contributed by atoms with Gasteiger partial charge in [0.1, 0.15) is 11.3 Å². The topological polar surface area (TPSA) is 110 Å². The average molecular weight is 458 g/mol. The molecule has 2 N–H and O–H groups in total. The Hall–Kier alpha value is -2.38. The second-order valence-corrected chi connectivity index (χ2v) is 6.37. The fraction of sp³-hybridized carbons (Fsp3) is 0.739. The molecule has 0 saturated heterocycles. The van der Waals surface area contributed by atoms with Gasteiger partial charge in [-0.25, -0.2) is 9.78 Å². The largest absolute Gasteiger partial charge is 0.481 e. The highest BCUT2D eigenvalue weighted by atomic mass is 16.4. The van der Waals surface area contributed by atoms with E-state index in [1.54, 1.807) is 0 Å². The average Bonchev–Trinajstić information content (AvgIpc) is 3.43. The molecule has 172 valence electrons. The van der Waals surface area contributed by atoms with Gasteiger partial charge in [0.25, 0.3) is 5.56 Å². The number of imidazole rings is 1. The van der Waals surface area contributed by atoms with E-state index in [1.807, 2.05) is 4.98 Å². The first-order valence-electron chi connectivity index (χ1n) is 21.4. The number of aryl methyl sites for hydroxylation is 1. The number of carboxylic acid groups (broad SMARTS) is 1. The fourth-order valence-corrected chi connectivity index (χ4v) is 2.69. The minimum atomic E-state index is -4.99. The third-order valence-corrected chi connectivity index (χ3v) is 4.23. The van der Waals surface area contributed by atoms with Crippen LogP contribution >= 0.6 is 0 Å². The van der Waals surface area contributed by atoms with E-state index in [4.69, 9.17) is 34.3 Å². The number of H-pyrrole nitrogens is 1. The zero-order valence-corrected chi connectivity index (χ0v) is 16.3. The van der Waals surface area contributed by atoms with Crippen LogP contribution in [0.3, 0.4) is 0 Å². The zero-order chi connectivity index (χ0) is 44.8. The summed E-state index contributed by atoms with van der Waals surface area (Å²) in [7, 11) is 0. The molecule has 0 amide bonds. The lowest BCUT2D eigenvalue weighted by Crippen LogP contribution is -2.40. The summed E-state index contributed by atoms with van der Waals surface area (Å²) in [5.41, 5.74) is -15.5. The summed E-state index contributed by atoms with van der Waals surface area (Å²) in [5, 5.41) is 9.67. The van der Waals surface area contributed by atoms with Gasteiger partial charge in [-0.3, -0.25) is 18.7 Å². The second-order valence-electron chi connectivity index (χ2n) is 6.37. The number of rotatable bonds is 9. The summed E-state index contributed by atoms with van der Waals surface area (Å²) < 4.78 is 210. The van der Waals surface area contributed by atoms with E-state index < -0.39 is 134 Å². The van der Waals surface area contributed by atoms with Crippen LogP contribution in [0.5, 0.6) is 0 Å². The zero-order valence-electron chi connectivity index (χ0n) is 41.3. The molecule has 1 aliphatic carbocycles. The summed E-state index contributed by atoms with van der Waals surface area (Å²) in [5.74, 6) is -4.32. The van der Waals surface area contributed by atoms with Crippen molar-refractivity contribution in [2.45, 2.75) is 103 Å². The molecule has 3 rings (SSSR count). The van der Waals surface area contributed by atoms with Crippen LogP contribution in [0.2, 0.25) is 0 Å². The van der Waals surface area contributed by atoms with Crippen LogP contribution < -0.4 is 11.2 Å². The third kappa shape index (κ3) is 4.34. The molecule has 1 fully saturated rings. The fourth-order valence-electron chi connectivity index (χ4n) is 2.69. The highest BCUT2D eigenvalue weighted by molar-refractivity contribution is 5.70. The Bertz CT molecular complexity index is 2010. The number of nitrogens with zero attached hydrogens (tertiary/aromatic N) is 3. The lowest BCUT2D eigenvalue weighted by atomic mass is 9.61. The summed E-state index contributed by atoms with van der Waals surface area (Å²) >= 11 is 0. The first-order valence-corrected chi connectivity index (χ1v) is 8.72. The van der Waals surface area contributed by atoms with Gasteiger partial charge >= 0.3 is 11.7 Å². The summed E-state index contributed by atoms with van der Waals surface area (Å²) in [4.78, 5) is 45.6. The van der Waals surface area contributed by atoms with Crippen molar-refractivity contribution in [3.63, 3.8) is 0 Å². The van der Waals surface area contributed by atoms with Crippen LogP contribution in [0.25, 0.3) is 11.2 Å². The van der Waals surface area contributed by atoms with Crippen molar-refractivity contribution < 1.29 is 44.2 Å². The molecule has 1 aliphatic rings. The summed E-state index contributed by atoms with van der Waals surface area (Å²) in [6, 6.07) is 0. The Balaban J connectivity index is 2.78. The molecule has 0 radical (unpaired) electrons. The van der Waals surface area contributed by atoms with E-state index >= 15 is 0 Å². The van der Waals surface area contributed by atoms with Crippen molar-refractivity contribution in [3.8, 4) is 0 Å². The maximum Gasteiger partial charge on any atom is 0.332 e. The SMILES string of the molecule is [2H]C([2H])C([2H])([2H])C1(C([2H])([2H])C([2H])([2H])C(=O)O)C([2H])([2H])C([2H])([2H])C(C)(c2nc3c([nH]2)c(=O)n(C([2H])([2H])C([2H])([2H])C([2H])([2H])[2H])c(=O)n3C([2H])([2H])CC)C([2H])([2H])C1([2H])[2H]. The van der Waals surface area contributed by atoms with Gasteiger partial charge in [-0.05, 0) is 50.1 Å². The van der Waals surface area contributed by atoms with Crippen molar-refractivity contribution in [1.29, 1.82) is 0 Å². The van der Waals surface area contributed by atoms with Crippen LogP contribution in [0.4, 0.5) is 0 Å². The third-order valence-electron chi connectivity index (χ3n) is 4.23. The van der Waals surface area contributed by atoms with E-state index in [9.17, 15) is 19.5 Å². The quantitative estimate of drug-likeness (QED) is 0.595. The number of hydrogen-bond acceptors (Lipinski definition) is 4. The normalized spacial score (nSPS) is 45.7. The van der Waals surface area contributed by atoms with Crippen molar-refractivity contribution in [2.75, 3.05) is 0 Å². The Morgan fingerprint density at radius 1 is 1.29 bits per heavy atom. The van der Waals surface area contributed by atoms with E-state index in [2.05, 4.69) is 4.98 Å². The number of hydrogen-bond donors (Lipinski definition) is 2. The number of aromatic amines is 1. The Morgan fingerprint density at radius 3 is 2.65 bits per heavy atom. The lowest BCUT2D eigenvalue weighted by Gasteiger charge is -2.44. The minimum absolute atomic E-state index is 0.133. The van der Waals surface area contributed by atoms with E-state index in [-0.39, 0.29) is 4.57 Å². The Kier molecular flexibility index (Phi) is 2.05. The molecule has 0 aromatic carbocycles. The number of carboxylic acids is 1. The molecule has 0 atom stereocenters. The second kappa shape index (κ2) is 9.01. The van der Waals surface area contributed by atoms with Gasteiger partial charge in [0.2, 0.25) is 0 Å². The number of carbonyl (C=O) groups is 1. The maximum absolute atomic E-state index is 13.9. The van der Waals surface area contributed by atoms with Gasteiger partial charge in [0, 0.05) is 56.3 Å². The van der Waals surface area contributed by atoms with Crippen LogP contribution in [0.1, 0.15) is 125 Å². The molecule has 0 unspecified atom stereocenters. The smallest absolute Gasteiger partial charge is 0.332 e. The van der Waals surface area contributed by atoms with Gasteiger partial charge in [-0.15, -0.1) is 0 Å². The van der Waals surface area contributed by atoms with Crippen molar-refractivity contribution in [3.05, 3.63) is 26.7 Å². The first kappa shape index (κ1) is 7.06. The number of fused-ring (bicyclic) bond motifs is 1. The summed E-state index contributed by atoms with van der Waals surface area (Å²) in [6.07, 6.45) is -37.6. The minimum Gasteiger partial charge on any atom is -0.481 e. The van der Waals surface area contributed by atoms with Gasteiger partial charge in [-0.1, -0.05) is 33.9 Å². The Labute approximate surface area is 217 Å². The summed E-state index contributed by atoms with van der Waals surface area (Å²) in [6.45, 7) is -13.1. The molecule has 0 bridgehead atoms. The van der Waals surface area contributed by atoms with Crippen LogP contribution in [-0.4, -0.2) is 30.2 Å². The number of nitrogens with one attached hydrogen (secondary N) is 1. The molecule has 0 spiro atoms. The van der Waals surface area contributed by atoms with Crippen molar-refractivity contribution in [2.24, 2.45) is 5.41 Å². The molecular weight excluding hydrogens is 396 g/mol. The van der Waals surface area contributed by atoms with E-state index in [0.29, 0.717) is 6.92 Å². The van der Waals surface area contributed by atoms with Gasteiger partial charge in [-0.2, -0.15) is 0 Å². The van der Waals surface area contributed by atoms with Gasteiger partial charge < -0.3 is 10.1 Å². The first-order chi connectivity index (χ1) is 24.4. The highest BCUT2D eigenvalue weighted by Crippen LogP contribution is 2.50. The predicted molar refractivity (Wildman–Crippen MR) is 121 cm³/mol. The van der Waals surface area contributed by atoms with Crippen molar-refractivity contribution >= 4 is 17.1 Å². The van der Waals surface area contributed by atoms with Crippen LogP contribution in [0.15, 0.2) is 9.59 Å². The monoisotopic (exact) mass is 457 g/mol. The molecule has 2 aromatic rings. The van der Waals surface area contributed by atoms with E-state index in [1.165, 1.54) is 0 Å². The molecule has 0 aliphatic heterocycles. The van der Waals surface area contributed by atoms with E-state index in [0.717, 1.165) is 6.92 Å². The molecule has 2 aromatic heterocycles. The van der Waals surface area contributed by atoms with Gasteiger partial charge in [0.05, 0.1) is 2.74 Å². The molecule has 8 heteroatoms. The lowest BCUT2D eigenvalue weighted by molar-refractivity contribution is -0.137. The standard InChI is InChI=1S/C23H36N4O4/c1-5-14-26-18-17(19(30)27(15-6-2)21(26)31)24-20(25-18)22(4)10-12-23(7-3,13-11-22)9-8-16(28)29/h5-15H2,1-4H3,(H,24,25)(H,28,29)/i2D3,3D2,6D2,7D2,8D2,9D2,10D2,11D2,12D2,13D2,14D2,15D2. The van der Waals surface area contributed by atoms with Gasteiger partial charge in [0.15, 0.2) is 5.65 Å². The van der Waals surface area contributed by atoms with Crippen molar-refractivity contribution in [1.82, 2.24) is 19.1 Å². The number of aromatic nitrogens is 4. The van der Waals surface area contributed by atoms with Crippen LogP contribution in [0, 0.1) is 5.41 Å². The Morgan fingerprint density at radius 2 is 2.03 bits per heavy atom. The number of aliphatic carboxylic acids is 1.